The Morgan fingerprint density at radius 2 is 1.69 bits per heavy atom. The normalized spacial score (nSPS) is 12.3. The largest absolute Gasteiger partial charge is 0.507 e. The molecule has 2 aromatic carbocycles. The zero-order valence-corrected chi connectivity index (χ0v) is 15.2. The van der Waals surface area contributed by atoms with Gasteiger partial charge in [-0.1, -0.05) is 30.3 Å². The van der Waals surface area contributed by atoms with Crippen molar-refractivity contribution in [1.82, 2.24) is 20.4 Å². The van der Waals surface area contributed by atoms with E-state index in [9.17, 15) is 19.5 Å². The van der Waals surface area contributed by atoms with Crippen LogP contribution in [0.5, 0.6) is 5.75 Å². The van der Waals surface area contributed by atoms with E-state index in [2.05, 4.69) is 20.8 Å². The summed E-state index contributed by atoms with van der Waals surface area (Å²) >= 11 is 0. The maximum Gasteiger partial charge on any atom is 0.324 e. The third-order valence-electron chi connectivity index (χ3n) is 4.57. The van der Waals surface area contributed by atoms with E-state index in [1.54, 1.807) is 42.5 Å². The van der Waals surface area contributed by atoms with Crippen LogP contribution in [-0.4, -0.2) is 38.0 Å². The molecule has 0 saturated heterocycles. The molecule has 0 bridgehead atoms. The molecule has 1 aromatic heterocycles. The number of carbonyl (C=O) groups excluding carboxylic acids is 3. The molecule has 0 atom stereocenters. The first-order chi connectivity index (χ1) is 14.0. The smallest absolute Gasteiger partial charge is 0.324 e. The molecule has 0 unspecified atom stereocenters. The van der Waals surface area contributed by atoms with E-state index in [1.165, 1.54) is 17.0 Å². The van der Waals surface area contributed by atoms with E-state index in [0.717, 1.165) is 0 Å². The third kappa shape index (κ3) is 3.65. The van der Waals surface area contributed by atoms with Crippen LogP contribution in [0.3, 0.4) is 0 Å². The summed E-state index contributed by atoms with van der Waals surface area (Å²) < 4.78 is 0. The van der Waals surface area contributed by atoms with Crippen molar-refractivity contribution < 1.29 is 19.5 Å². The number of para-hydroxylation sites is 1. The molecule has 0 fully saturated rings. The molecule has 9 nitrogen and oxygen atoms in total. The number of anilines is 1. The number of aromatic amines is 1. The maximum absolute atomic E-state index is 12.4. The van der Waals surface area contributed by atoms with Crippen LogP contribution in [0.2, 0.25) is 0 Å². The van der Waals surface area contributed by atoms with Gasteiger partial charge in [0.05, 0.1) is 24.3 Å². The molecule has 0 spiro atoms. The van der Waals surface area contributed by atoms with Gasteiger partial charge in [0.2, 0.25) is 0 Å². The zero-order valence-electron chi connectivity index (χ0n) is 15.2. The number of aromatic hydroxyl groups is 1. The number of imide groups is 1. The lowest BCUT2D eigenvalue weighted by molar-refractivity contribution is 0.0950. The van der Waals surface area contributed by atoms with Gasteiger partial charge < -0.3 is 15.3 Å². The van der Waals surface area contributed by atoms with E-state index in [0.29, 0.717) is 22.6 Å². The average molecular weight is 391 g/mol. The van der Waals surface area contributed by atoms with Crippen molar-refractivity contribution in [2.75, 3.05) is 5.32 Å². The summed E-state index contributed by atoms with van der Waals surface area (Å²) in [4.78, 5) is 38.4. The number of carbonyl (C=O) groups is 3. The van der Waals surface area contributed by atoms with Crippen LogP contribution >= 0.6 is 0 Å². The fraction of sp³-hybridized carbons (Fsp3) is 0.100. The van der Waals surface area contributed by atoms with E-state index in [4.69, 9.17) is 0 Å². The van der Waals surface area contributed by atoms with Gasteiger partial charge in [-0.05, 0) is 24.3 Å². The zero-order chi connectivity index (χ0) is 20.4. The summed E-state index contributed by atoms with van der Waals surface area (Å²) in [5.41, 5.74) is 1.75. The number of hydrogen-bond donors (Lipinski definition) is 4. The second-order valence-corrected chi connectivity index (χ2v) is 6.48. The van der Waals surface area contributed by atoms with Gasteiger partial charge in [0.15, 0.2) is 0 Å². The van der Waals surface area contributed by atoms with E-state index in [1.807, 2.05) is 0 Å². The van der Waals surface area contributed by atoms with Crippen LogP contribution in [0, 0.1) is 0 Å². The fourth-order valence-electron chi connectivity index (χ4n) is 3.06. The summed E-state index contributed by atoms with van der Waals surface area (Å²) in [6.07, 6.45) is 0. The Hall–Kier alpha value is -4.14. The highest BCUT2D eigenvalue weighted by Crippen LogP contribution is 2.28. The number of phenolic OH excluding ortho intramolecular Hbond substituents is 1. The number of rotatable bonds is 3. The second-order valence-electron chi connectivity index (χ2n) is 6.48. The number of aromatic nitrogens is 2. The molecule has 0 aliphatic carbocycles. The number of hydrogen-bond acceptors (Lipinski definition) is 5. The first-order valence-corrected chi connectivity index (χ1v) is 8.83. The molecule has 29 heavy (non-hydrogen) atoms. The fourth-order valence-corrected chi connectivity index (χ4v) is 3.06. The van der Waals surface area contributed by atoms with Crippen LogP contribution < -0.4 is 10.6 Å². The number of amides is 4. The number of nitrogens with zero attached hydrogens (tertiary/aromatic N) is 2. The van der Waals surface area contributed by atoms with Gasteiger partial charge in [-0.2, -0.15) is 5.10 Å². The summed E-state index contributed by atoms with van der Waals surface area (Å²) in [7, 11) is 0. The van der Waals surface area contributed by atoms with Gasteiger partial charge in [-0.3, -0.25) is 20.0 Å². The lowest BCUT2D eigenvalue weighted by Crippen LogP contribution is -2.40. The molecule has 4 rings (SSSR count). The first kappa shape index (κ1) is 18.2. The molecule has 0 radical (unpaired) electrons. The molecule has 3 aromatic rings. The number of H-pyrrole nitrogens is 1. The summed E-state index contributed by atoms with van der Waals surface area (Å²) in [6, 6.07) is 14.1. The van der Waals surface area contributed by atoms with Crippen LogP contribution in [0.25, 0.3) is 0 Å². The molecule has 0 saturated carbocycles. The lowest BCUT2D eigenvalue weighted by atomic mass is 10.2. The Balaban J connectivity index is 1.42. The quantitative estimate of drug-likeness (QED) is 0.544. The van der Waals surface area contributed by atoms with Crippen molar-refractivity contribution in [3.63, 3.8) is 0 Å². The predicted molar refractivity (Wildman–Crippen MR) is 103 cm³/mol. The van der Waals surface area contributed by atoms with Gasteiger partial charge in [0, 0.05) is 11.1 Å². The van der Waals surface area contributed by atoms with E-state index < -0.39 is 17.8 Å². The van der Waals surface area contributed by atoms with Crippen molar-refractivity contribution in [2.24, 2.45) is 0 Å². The van der Waals surface area contributed by atoms with Crippen LogP contribution in [0.4, 0.5) is 10.6 Å². The van der Waals surface area contributed by atoms with Gasteiger partial charge >= 0.3 is 6.03 Å². The van der Waals surface area contributed by atoms with Crippen LogP contribution in [0.15, 0.2) is 54.6 Å². The molecular formula is C20H17N5O4. The summed E-state index contributed by atoms with van der Waals surface area (Å²) in [5, 5.41) is 21.7. The summed E-state index contributed by atoms with van der Waals surface area (Å²) in [6.45, 7) is 0.377. The SMILES string of the molecule is O=C(NC(=O)N1Cc2n[nH]c(NC(=O)c3ccccc3O)c2C1)c1ccccc1. The molecule has 1 aliphatic heterocycles. The highest BCUT2D eigenvalue weighted by Gasteiger charge is 2.30. The van der Waals surface area contributed by atoms with Crippen molar-refractivity contribution in [3.05, 3.63) is 77.0 Å². The molecule has 9 heteroatoms. The number of urea groups is 1. The predicted octanol–water partition coefficient (Wildman–Crippen LogP) is 2.23. The second kappa shape index (κ2) is 7.47. The molecule has 2 heterocycles. The monoisotopic (exact) mass is 391 g/mol. The van der Waals surface area contributed by atoms with Crippen molar-refractivity contribution in [1.29, 1.82) is 0 Å². The molecule has 146 valence electrons. The molecule has 4 amide bonds. The van der Waals surface area contributed by atoms with Gasteiger partial charge in [0.25, 0.3) is 11.8 Å². The number of fused-ring (bicyclic) bond motifs is 1. The van der Waals surface area contributed by atoms with Crippen LogP contribution in [0.1, 0.15) is 32.0 Å². The Morgan fingerprint density at radius 3 is 2.45 bits per heavy atom. The minimum atomic E-state index is -0.546. The minimum absolute atomic E-state index is 0.122. The average Bonchev–Trinajstić information content (AvgIpc) is 3.31. The van der Waals surface area contributed by atoms with E-state index in [-0.39, 0.29) is 24.4 Å². The van der Waals surface area contributed by atoms with Gasteiger partial charge in [-0.25, -0.2) is 4.79 Å². The number of phenols is 1. The van der Waals surface area contributed by atoms with Crippen LogP contribution in [-0.2, 0) is 13.1 Å². The summed E-state index contributed by atoms with van der Waals surface area (Å²) in [5.74, 6) is -0.786. The number of benzene rings is 2. The Bertz CT molecular complexity index is 1090. The topological polar surface area (TPSA) is 127 Å². The standard InChI is InChI=1S/C20H17N5O4/c26-16-9-5-4-8-13(16)19(28)21-17-14-10-25(11-15(14)23-24-17)20(29)22-18(27)12-6-2-1-3-7-12/h1-9,26H,10-11H2,(H,22,27,29)(H2,21,23,24,28). The van der Waals surface area contributed by atoms with E-state index >= 15 is 0 Å². The third-order valence-corrected chi connectivity index (χ3v) is 4.57. The van der Waals surface area contributed by atoms with Gasteiger partial charge in [-0.15, -0.1) is 0 Å². The van der Waals surface area contributed by atoms with Crippen molar-refractivity contribution in [3.8, 4) is 5.75 Å². The Labute approximate surface area is 165 Å². The lowest BCUT2D eigenvalue weighted by Gasteiger charge is -2.16. The van der Waals surface area contributed by atoms with Crippen molar-refractivity contribution in [2.45, 2.75) is 13.1 Å². The van der Waals surface area contributed by atoms with Crippen molar-refractivity contribution >= 4 is 23.7 Å². The highest BCUT2D eigenvalue weighted by atomic mass is 16.3. The number of nitrogens with one attached hydrogen (secondary N) is 3. The molecule has 1 aliphatic rings. The minimum Gasteiger partial charge on any atom is -0.507 e. The Morgan fingerprint density at radius 1 is 0.966 bits per heavy atom. The maximum atomic E-state index is 12.4. The molecule has 4 N–H and O–H groups in total. The Kier molecular flexibility index (Phi) is 4.70. The van der Waals surface area contributed by atoms with Gasteiger partial charge in [0.1, 0.15) is 11.6 Å². The first-order valence-electron chi connectivity index (χ1n) is 8.83. The molecular weight excluding hydrogens is 374 g/mol. The highest BCUT2D eigenvalue weighted by molar-refractivity contribution is 6.06.